The van der Waals surface area contributed by atoms with Gasteiger partial charge >= 0.3 is 11.9 Å². The van der Waals surface area contributed by atoms with E-state index in [0.29, 0.717) is 30.9 Å². The summed E-state index contributed by atoms with van der Waals surface area (Å²) in [5, 5.41) is 19.6. The van der Waals surface area contributed by atoms with Crippen LogP contribution >= 0.6 is 0 Å². The molecule has 0 atom stereocenters. The van der Waals surface area contributed by atoms with E-state index < -0.39 is 12.1 Å². The van der Waals surface area contributed by atoms with Gasteiger partial charge in [0, 0.05) is 31.3 Å². The molecule has 2 N–H and O–H groups in total. The predicted molar refractivity (Wildman–Crippen MR) is 106 cm³/mol. The second-order valence-corrected chi connectivity index (χ2v) is 6.86. The highest BCUT2D eigenvalue weighted by Crippen LogP contribution is 2.44. The van der Waals surface area contributed by atoms with Gasteiger partial charge in [-0.25, -0.2) is 0 Å². The number of hydrogen-bond acceptors (Lipinski definition) is 6. The van der Waals surface area contributed by atoms with Crippen LogP contribution in [-0.4, -0.2) is 53.1 Å². The molecule has 0 radical (unpaired) electrons. The molecule has 2 aromatic carbocycles. The topological polar surface area (TPSA) is 116 Å². The zero-order chi connectivity index (χ0) is 23.5. The lowest BCUT2D eigenvalue weighted by Crippen LogP contribution is -2.42. The van der Waals surface area contributed by atoms with E-state index >= 15 is 0 Å². The van der Waals surface area contributed by atoms with Gasteiger partial charge in [-0.1, -0.05) is 29.3 Å². The van der Waals surface area contributed by atoms with Gasteiger partial charge in [0.05, 0.1) is 27.8 Å². The van der Waals surface area contributed by atoms with Crippen LogP contribution in [-0.2, 0) is 4.79 Å². The van der Waals surface area contributed by atoms with Gasteiger partial charge in [0.25, 0.3) is 0 Å². The van der Waals surface area contributed by atoms with E-state index in [9.17, 15) is 18.1 Å². The van der Waals surface area contributed by atoms with E-state index in [-0.39, 0.29) is 0 Å². The number of carboxylic acid groups (broad SMARTS) is 1. The number of nitriles is 1. The fourth-order valence-electron chi connectivity index (χ4n) is 3.53. The number of benzene rings is 2. The number of fused-ring (bicyclic) bond motifs is 3. The molecule has 11 heteroatoms. The maximum absolute atomic E-state index is 12.7. The molecule has 0 spiro atoms. The molecular formula is C21H18F3N5O3. The fourth-order valence-corrected chi connectivity index (χ4v) is 3.53. The first-order valence-corrected chi connectivity index (χ1v) is 9.51. The van der Waals surface area contributed by atoms with Crippen LogP contribution in [0.15, 0.2) is 48.5 Å². The molecule has 2 aliphatic heterocycles. The largest absolute Gasteiger partial charge is 0.542 e. The van der Waals surface area contributed by atoms with Crippen molar-refractivity contribution in [3.05, 3.63) is 70.1 Å². The Morgan fingerprint density at radius 3 is 2.31 bits per heavy atom. The van der Waals surface area contributed by atoms with Gasteiger partial charge in [0.15, 0.2) is 4.87 Å². The summed E-state index contributed by atoms with van der Waals surface area (Å²) in [5.41, 5.74) is 10.9. The lowest BCUT2D eigenvalue weighted by atomic mass is 10.0. The quantitative estimate of drug-likeness (QED) is 0.714. The number of aliphatic carboxylic acids is 1. The van der Waals surface area contributed by atoms with Crippen LogP contribution in [0, 0.1) is 16.2 Å². The third-order valence-corrected chi connectivity index (χ3v) is 4.88. The van der Waals surface area contributed by atoms with Crippen LogP contribution in [0.2, 0.25) is 0 Å². The van der Waals surface area contributed by atoms with Crippen LogP contribution < -0.4 is 10.8 Å². The van der Waals surface area contributed by atoms with Crippen molar-refractivity contribution in [1.82, 2.24) is 9.91 Å². The van der Waals surface area contributed by atoms with Crippen LogP contribution in [0.3, 0.4) is 0 Å². The zero-order valence-corrected chi connectivity index (χ0v) is 16.7. The number of carbonyl (C=O) groups is 1. The summed E-state index contributed by atoms with van der Waals surface area (Å²) in [7, 11) is 0. The first kappa shape index (κ1) is 22.8. The maximum atomic E-state index is 12.7. The SMILES string of the molecule is N#Cc1ccc(C2=C3c4ccccc4[N+](=O)N3CCN2CCN)cc1.O=C([O-])C(F)(F)F. The molecule has 8 nitrogen and oxygen atoms in total. The van der Waals surface area contributed by atoms with E-state index in [1.165, 1.54) is 0 Å². The van der Waals surface area contributed by atoms with Crippen LogP contribution in [0.4, 0.5) is 18.9 Å². The minimum atomic E-state index is -5.19. The molecule has 2 aliphatic rings. The van der Waals surface area contributed by atoms with Gasteiger partial charge in [0.1, 0.15) is 18.2 Å². The van der Waals surface area contributed by atoms with Gasteiger partial charge in [-0.05, 0) is 18.2 Å². The summed E-state index contributed by atoms with van der Waals surface area (Å²) in [6.07, 6.45) is -5.19. The maximum Gasteiger partial charge on any atom is 0.430 e. The van der Waals surface area contributed by atoms with Crippen molar-refractivity contribution in [2.45, 2.75) is 6.18 Å². The number of nitroso groups, excluding NO2 is 1. The van der Waals surface area contributed by atoms with Gasteiger partial charge in [-0.15, -0.1) is 0 Å². The molecule has 2 heterocycles. The molecule has 166 valence electrons. The number of nitrogens with zero attached hydrogens (tertiary/aromatic N) is 4. The minimum absolute atomic E-state index is 0.537. The van der Waals surface area contributed by atoms with Gasteiger partial charge in [0.2, 0.25) is 0 Å². The Kier molecular flexibility index (Phi) is 6.45. The van der Waals surface area contributed by atoms with Crippen LogP contribution in [0.25, 0.3) is 11.4 Å². The van der Waals surface area contributed by atoms with Crippen molar-refractivity contribution >= 4 is 23.1 Å². The average molecular weight is 445 g/mol. The standard InChI is InChI=1S/C19H18N5O.C2HF3O2/c20-9-10-22-11-12-23-19(16-3-1-2-4-17(16)24(23)25)18(22)15-7-5-14(13-21)6-8-15;3-2(4,5)1(6)7/h1-8H,9-12,20H2;(H,6,7)/q+1;/p-1. The molecule has 4 rings (SSSR count). The number of para-hydroxylation sites is 1. The molecule has 2 aromatic rings. The minimum Gasteiger partial charge on any atom is -0.542 e. The molecule has 0 saturated carbocycles. The van der Waals surface area contributed by atoms with Crippen molar-refractivity contribution in [3.8, 4) is 6.07 Å². The van der Waals surface area contributed by atoms with E-state index in [1.54, 1.807) is 17.1 Å². The predicted octanol–water partition coefficient (Wildman–Crippen LogP) is 1.60. The van der Waals surface area contributed by atoms with Crippen molar-refractivity contribution in [2.24, 2.45) is 5.73 Å². The number of nitrogens with two attached hydrogens (primary N) is 1. The molecule has 32 heavy (non-hydrogen) atoms. The third kappa shape index (κ3) is 4.40. The number of rotatable bonds is 3. The van der Waals surface area contributed by atoms with Crippen LogP contribution in [0.1, 0.15) is 16.7 Å². The Balaban J connectivity index is 0.000000360. The van der Waals surface area contributed by atoms with Crippen LogP contribution in [0.5, 0.6) is 0 Å². The Hall–Kier alpha value is -3.91. The Labute approximate surface area is 181 Å². The number of alkyl halides is 3. The fraction of sp³-hybridized carbons (Fsp3) is 0.238. The van der Waals surface area contributed by atoms with Gasteiger partial charge in [-0.3, -0.25) is 0 Å². The van der Waals surface area contributed by atoms with E-state index in [4.69, 9.17) is 20.9 Å². The number of halogens is 3. The normalized spacial score (nSPS) is 14.9. The number of hydrazine groups is 1. The van der Waals surface area contributed by atoms with E-state index in [0.717, 1.165) is 33.9 Å². The molecule has 0 fully saturated rings. The highest BCUT2D eigenvalue weighted by Gasteiger charge is 2.45. The van der Waals surface area contributed by atoms with Crippen molar-refractivity contribution in [3.63, 3.8) is 0 Å². The summed E-state index contributed by atoms with van der Waals surface area (Å²) in [5.74, 6) is -3.01. The molecule has 0 aromatic heterocycles. The average Bonchev–Trinajstić information content (AvgIpc) is 3.06. The summed E-state index contributed by atoms with van der Waals surface area (Å²) in [6, 6.07) is 17.3. The number of hydrogen-bond donors (Lipinski definition) is 1. The van der Waals surface area contributed by atoms with Gasteiger partial charge < -0.3 is 20.5 Å². The van der Waals surface area contributed by atoms with Crippen molar-refractivity contribution in [1.29, 1.82) is 5.26 Å². The highest BCUT2D eigenvalue weighted by atomic mass is 19.4. The second-order valence-electron chi connectivity index (χ2n) is 6.86. The molecule has 0 unspecified atom stereocenters. The molecule has 0 bridgehead atoms. The first-order chi connectivity index (χ1) is 15.2. The van der Waals surface area contributed by atoms with E-state index in [2.05, 4.69) is 11.0 Å². The first-order valence-electron chi connectivity index (χ1n) is 9.51. The molecule has 0 saturated heterocycles. The summed E-state index contributed by atoms with van der Waals surface area (Å²) in [4.78, 5) is 24.7. The molecule has 0 amide bonds. The monoisotopic (exact) mass is 445 g/mol. The van der Waals surface area contributed by atoms with Crippen molar-refractivity contribution in [2.75, 3.05) is 26.2 Å². The summed E-state index contributed by atoms with van der Waals surface area (Å²) < 4.78 is 31.5. The lowest BCUT2D eigenvalue weighted by molar-refractivity contribution is -0.612. The Bertz CT molecular complexity index is 1110. The Morgan fingerprint density at radius 2 is 1.75 bits per heavy atom. The number of carbonyl (C=O) groups excluding carboxylic acids is 1. The second kappa shape index (κ2) is 9.07. The van der Waals surface area contributed by atoms with E-state index in [1.807, 2.05) is 36.4 Å². The highest BCUT2D eigenvalue weighted by molar-refractivity contribution is 5.93. The third-order valence-electron chi connectivity index (χ3n) is 4.88. The zero-order valence-electron chi connectivity index (χ0n) is 16.7. The molecule has 0 aliphatic carbocycles. The molecular weight excluding hydrogens is 427 g/mol. The summed E-state index contributed by atoms with van der Waals surface area (Å²) >= 11 is 0. The Morgan fingerprint density at radius 1 is 1.12 bits per heavy atom. The van der Waals surface area contributed by atoms with Crippen molar-refractivity contribution < 1.29 is 27.9 Å². The number of carboxylic acids is 1. The van der Waals surface area contributed by atoms with Gasteiger partial charge in [-0.2, -0.15) is 18.4 Å². The smallest absolute Gasteiger partial charge is 0.430 e. The lowest BCUT2D eigenvalue weighted by Gasteiger charge is -2.33. The summed E-state index contributed by atoms with van der Waals surface area (Å²) in [6.45, 7) is 2.60.